The van der Waals surface area contributed by atoms with E-state index in [2.05, 4.69) is 4.90 Å². The molecule has 2 fully saturated rings. The fraction of sp³-hybridized carbons (Fsp3) is 0.500. The highest BCUT2D eigenvalue weighted by Gasteiger charge is 2.42. The molecule has 1 saturated heterocycles. The summed E-state index contributed by atoms with van der Waals surface area (Å²) in [5.74, 6) is -0.786. The van der Waals surface area contributed by atoms with Crippen molar-refractivity contribution in [2.45, 2.75) is 44.1 Å². The summed E-state index contributed by atoms with van der Waals surface area (Å²) in [4.78, 5) is 25.0. The van der Waals surface area contributed by atoms with Crippen LogP contribution in [-0.2, 0) is 20.9 Å². The van der Waals surface area contributed by atoms with Gasteiger partial charge < -0.3 is 9.84 Å². The Kier molecular flexibility index (Phi) is 4.03. The zero-order valence-corrected chi connectivity index (χ0v) is 11.8. The van der Waals surface area contributed by atoms with Gasteiger partial charge in [0.2, 0.25) is 0 Å². The summed E-state index contributed by atoms with van der Waals surface area (Å²) in [6.07, 6.45) is 0.515. The number of ether oxygens (including phenoxy) is 1. The van der Waals surface area contributed by atoms with Crippen molar-refractivity contribution in [1.29, 1.82) is 0 Å². The molecule has 3 rings (SSSR count). The average Bonchev–Trinajstić information content (AvgIpc) is 2.47. The minimum absolute atomic E-state index is 0.138. The van der Waals surface area contributed by atoms with Crippen LogP contribution in [0.15, 0.2) is 30.3 Å². The largest absolute Gasteiger partial charge is 0.479 e. The lowest BCUT2D eigenvalue weighted by atomic mass is 9.88. The molecule has 1 aromatic rings. The van der Waals surface area contributed by atoms with Gasteiger partial charge in [0.15, 0.2) is 6.10 Å². The summed E-state index contributed by atoms with van der Waals surface area (Å²) in [6.45, 7) is 1.07. The number of nitrogens with zero attached hydrogens (tertiary/aromatic N) is 1. The fourth-order valence-corrected chi connectivity index (χ4v) is 3.25. The second-order valence-electron chi connectivity index (χ2n) is 5.77. The van der Waals surface area contributed by atoms with E-state index >= 15 is 0 Å². The number of carboxylic acid groups (broad SMARTS) is 1. The number of morpholine rings is 1. The number of rotatable bonds is 3. The predicted molar refractivity (Wildman–Crippen MR) is 75.8 cm³/mol. The molecule has 0 spiro atoms. The van der Waals surface area contributed by atoms with Crippen molar-refractivity contribution in [3.05, 3.63) is 35.9 Å². The Hall–Kier alpha value is -1.72. The number of carbonyl (C=O) groups excluding carboxylic acids is 1. The van der Waals surface area contributed by atoms with E-state index in [1.807, 2.05) is 30.3 Å². The van der Waals surface area contributed by atoms with Crippen LogP contribution >= 0.6 is 0 Å². The molecular formula is C16H19NO4. The molecule has 3 atom stereocenters. The van der Waals surface area contributed by atoms with Crippen LogP contribution in [-0.4, -0.2) is 46.6 Å². The predicted octanol–water partition coefficient (Wildman–Crippen LogP) is 1.46. The number of ketones is 1. The van der Waals surface area contributed by atoms with Crippen molar-refractivity contribution in [3.8, 4) is 0 Å². The Balaban J connectivity index is 1.78. The van der Waals surface area contributed by atoms with Gasteiger partial charge in [-0.05, 0) is 12.0 Å². The average molecular weight is 289 g/mol. The minimum atomic E-state index is -0.954. The first kappa shape index (κ1) is 14.2. The molecule has 1 aliphatic carbocycles. The van der Waals surface area contributed by atoms with Crippen molar-refractivity contribution in [2.75, 3.05) is 6.54 Å². The molecule has 0 aromatic heterocycles. The van der Waals surface area contributed by atoms with Crippen LogP contribution in [0.3, 0.4) is 0 Å². The van der Waals surface area contributed by atoms with E-state index in [1.54, 1.807) is 0 Å². The maximum atomic E-state index is 11.6. The second kappa shape index (κ2) is 5.95. The monoisotopic (exact) mass is 289 g/mol. The summed E-state index contributed by atoms with van der Waals surface area (Å²) in [5.41, 5.74) is 1.15. The summed E-state index contributed by atoms with van der Waals surface area (Å²) < 4.78 is 5.63. The SMILES string of the molecule is O=C1CC[C@H]2[C@H](C1)O[C@H](C(=O)O)CN2Cc1ccccc1. The van der Waals surface area contributed by atoms with Crippen molar-refractivity contribution in [1.82, 2.24) is 4.90 Å². The lowest BCUT2D eigenvalue weighted by Gasteiger charge is -2.45. The van der Waals surface area contributed by atoms with Crippen LogP contribution in [0.25, 0.3) is 0 Å². The van der Waals surface area contributed by atoms with E-state index in [0.717, 1.165) is 12.0 Å². The maximum absolute atomic E-state index is 11.6. The number of Topliss-reactive ketones (excluding diaryl/α,β-unsaturated/α-hetero) is 1. The van der Waals surface area contributed by atoms with Crippen LogP contribution < -0.4 is 0 Å². The number of carbonyl (C=O) groups is 2. The molecule has 5 heteroatoms. The Morgan fingerprint density at radius 2 is 2.10 bits per heavy atom. The van der Waals surface area contributed by atoms with Crippen LogP contribution in [0.1, 0.15) is 24.8 Å². The van der Waals surface area contributed by atoms with Crippen molar-refractivity contribution in [3.63, 3.8) is 0 Å². The zero-order valence-electron chi connectivity index (χ0n) is 11.8. The van der Waals surface area contributed by atoms with Crippen LogP contribution in [0, 0.1) is 0 Å². The third-order valence-corrected chi connectivity index (χ3v) is 4.29. The first-order chi connectivity index (χ1) is 10.1. The van der Waals surface area contributed by atoms with Crippen molar-refractivity contribution >= 4 is 11.8 Å². The number of fused-ring (bicyclic) bond motifs is 1. The normalized spacial score (nSPS) is 29.9. The van der Waals surface area contributed by atoms with Gasteiger partial charge >= 0.3 is 5.97 Å². The summed E-state index contributed by atoms with van der Waals surface area (Å²) in [5, 5.41) is 9.24. The van der Waals surface area contributed by atoms with E-state index in [9.17, 15) is 14.7 Å². The number of carboxylic acids is 1. The first-order valence-electron chi connectivity index (χ1n) is 7.31. The number of hydrogen-bond acceptors (Lipinski definition) is 4. The Labute approximate surface area is 123 Å². The van der Waals surface area contributed by atoms with E-state index < -0.39 is 12.1 Å². The molecule has 1 heterocycles. The third kappa shape index (κ3) is 3.14. The topological polar surface area (TPSA) is 66.8 Å². The molecule has 112 valence electrons. The molecule has 1 saturated carbocycles. The number of aliphatic carboxylic acids is 1. The summed E-state index contributed by atoms with van der Waals surface area (Å²) in [7, 11) is 0. The van der Waals surface area contributed by atoms with Gasteiger partial charge in [-0.15, -0.1) is 0 Å². The highest BCUT2D eigenvalue weighted by atomic mass is 16.5. The van der Waals surface area contributed by atoms with Gasteiger partial charge in [0, 0.05) is 32.0 Å². The molecule has 0 amide bonds. The molecule has 0 bridgehead atoms. The lowest BCUT2D eigenvalue weighted by Crippen LogP contribution is -2.58. The summed E-state index contributed by atoms with van der Waals surface area (Å²) >= 11 is 0. The van der Waals surface area contributed by atoms with Crippen LogP contribution in [0.2, 0.25) is 0 Å². The molecule has 2 aliphatic rings. The second-order valence-corrected chi connectivity index (χ2v) is 5.77. The van der Waals surface area contributed by atoms with Gasteiger partial charge in [-0.2, -0.15) is 0 Å². The van der Waals surface area contributed by atoms with E-state index in [0.29, 0.717) is 25.9 Å². The fourth-order valence-electron chi connectivity index (χ4n) is 3.25. The number of hydrogen-bond donors (Lipinski definition) is 1. The third-order valence-electron chi connectivity index (χ3n) is 4.29. The molecule has 1 N–H and O–H groups in total. The smallest absolute Gasteiger partial charge is 0.334 e. The standard InChI is InChI=1S/C16H19NO4/c18-12-6-7-13-14(8-12)21-15(16(19)20)10-17(13)9-11-4-2-1-3-5-11/h1-5,13-15H,6-10H2,(H,19,20)/t13-,14-,15-/m0/s1. The van der Waals surface area contributed by atoms with Crippen LogP contribution in [0.4, 0.5) is 0 Å². The van der Waals surface area contributed by atoms with E-state index in [4.69, 9.17) is 4.74 Å². The molecule has 0 unspecified atom stereocenters. The molecule has 0 radical (unpaired) electrons. The molecular weight excluding hydrogens is 270 g/mol. The van der Waals surface area contributed by atoms with Crippen molar-refractivity contribution < 1.29 is 19.4 Å². The quantitative estimate of drug-likeness (QED) is 0.912. The molecule has 1 aliphatic heterocycles. The van der Waals surface area contributed by atoms with Gasteiger partial charge in [0.1, 0.15) is 5.78 Å². The van der Waals surface area contributed by atoms with Gasteiger partial charge in [-0.1, -0.05) is 30.3 Å². The van der Waals surface area contributed by atoms with Gasteiger partial charge in [-0.25, -0.2) is 4.79 Å². The van der Waals surface area contributed by atoms with Crippen LogP contribution in [0.5, 0.6) is 0 Å². The molecule has 21 heavy (non-hydrogen) atoms. The van der Waals surface area contributed by atoms with E-state index in [-0.39, 0.29) is 17.9 Å². The highest BCUT2D eigenvalue weighted by Crippen LogP contribution is 2.30. The van der Waals surface area contributed by atoms with Crippen molar-refractivity contribution in [2.24, 2.45) is 0 Å². The Morgan fingerprint density at radius 1 is 1.33 bits per heavy atom. The number of benzene rings is 1. The van der Waals surface area contributed by atoms with E-state index in [1.165, 1.54) is 0 Å². The Bertz CT molecular complexity index is 530. The maximum Gasteiger partial charge on any atom is 0.334 e. The van der Waals surface area contributed by atoms with Gasteiger partial charge in [0.05, 0.1) is 6.10 Å². The highest BCUT2D eigenvalue weighted by molar-refractivity contribution is 5.80. The van der Waals surface area contributed by atoms with Gasteiger partial charge in [-0.3, -0.25) is 9.69 Å². The summed E-state index contributed by atoms with van der Waals surface area (Å²) in [6, 6.07) is 10.1. The Morgan fingerprint density at radius 3 is 2.81 bits per heavy atom. The zero-order chi connectivity index (χ0) is 14.8. The van der Waals surface area contributed by atoms with Gasteiger partial charge in [0.25, 0.3) is 0 Å². The lowest BCUT2D eigenvalue weighted by molar-refractivity contribution is -0.178. The molecule has 5 nitrogen and oxygen atoms in total. The minimum Gasteiger partial charge on any atom is -0.479 e. The molecule has 1 aromatic carbocycles. The first-order valence-corrected chi connectivity index (χ1v) is 7.31.